The monoisotopic (exact) mass is 352 g/mol. The maximum atomic E-state index is 11.8. The first-order chi connectivity index (χ1) is 7.61. The molecule has 1 aliphatic heterocycles. The number of aliphatic hydroxyl groups is 1. The Labute approximate surface area is 112 Å². The highest BCUT2D eigenvalue weighted by Crippen LogP contribution is 2.30. The molecule has 2 heterocycles. The van der Waals surface area contributed by atoms with Gasteiger partial charge < -0.3 is 10.0 Å². The molecule has 1 fully saturated rings. The van der Waals surface area contributed by atoms with Crippen LogP contribution in [0.2, 0.25) is 5.15 Å². The van der Waals surface area contributed by atoms with Crippen LogP contribution < -0.4 is 4.90 Å². The molecule has 0 bridgehead atoms. The van der Waals surface area contributed by atoms with E-state index in [4.69, 9.17) is 16.7 Å². The first-order valence-corrected chi connectivity index (χ1v) is 6.29. The highest BCUT2D eigenvalue weighted by atomic mass is 127. The zero-order valence-electron chi connectivity index (χ0n) is 8.36. The topological polar surface area (TPSA) is 53.4 Å². The minimum absolute atomic E-state index is 0.0234. The molecule has 4 nitrogen and oxygen atoms in total. The number of pyridine rings is 1. The standard InChI is InChI=1S/C10H10ClIN2O2/c11-9-2-8(7(12)3-13-9)14-4-6(5-15)1-10(14)16/h2-3,6,15H,1,4-5H2. The van der Waals surface area contributed by atoms with E-state index in [0.717, 1.165) is 9.26 Å². The number of carbonyl (C=O) groups excluding carboxylic acids is 1. The van der Waals surface area contributed by atoms with Crippen molar-refractivity contribution in [2.45, 2.75) is 6.42 Å². The third kappa shape index (κ3) is 2.31. The van der Waals surface area contributed by atoms with Crippen molar-refractivity contribution in [3.63, 3.8) is 0 Å². The van der Waals surface area contributed by atoms with E-state index in [1.807, 2.05) is 0 Å². The highest BCUT2D eigenvalue weighted by molar-refractivity contribution is 14.1. The molecule has 0 radical (unpaired) electrons. The van der Waals surface area contributed by atoms with Crippen molar-refractivity contribution in [3.05, 3.63) is 21.0 Å². The van der Waals surface area contributed by atoms with Crippen LogP contribution >= 0.6 is 34.2 Å². The van der Waals surface area contributed by atoms with Crippen molar-refractivity contribution in [2.75, 3.05) is 18.1 Å². The number of hydrogen-bond donors (Lipinski definition) is 1. The van der Waals surface area contributed by atoms with E-state index in [1.54, 1.807) is 17.2 Å². The Bertz CT molecular complexity index is 427. The first-order valence-electron chi connectivity index (χ1n) is 4.84. The largest absolute Gasteiger partial charge is 0.396 e. The van der Waals surface area contributed by atoms with Crippen LogP contribution in [0, 0.1) is 9.49 Å². The van der Waals surface area contributed by atoms with Gasteiger partial charge in [-0.15, -0.1) is 0 Å². The van der Waals surface area contributed by atoms with Crippen molar-refractivity contribution in [3.8, 4) is 0 Å². The Kier molecular flexibility index (Phi) is 3.66. The zero-order chi connectivity index (χ0) is 11.7. The number of aliphatic hydroxyl groups excluding tert-OH is 1. The van der Waals surface area contributed by atoms with Crippen LogP contribution in [0.5, 0.6) is 0 Å². The van der Waals surface area contributed by atoms with Crippen molar-refractivity contribution >= 4 is 45.8 Å². The van der Waals surface area contributed by atoms with Crippen LogP contribution in [-0.4, -0.2) is 29.1 Å². The normalized spacial score (nSPS) is 20.6. The Morgan fingerprint density at radius 1 is 1.69 bits per heavy atom. The van der Waals surface area contributed by atoms with Gasteiger partial charge in [0.15, 0.2) is 0 Å². The highest BCUT2D eigenvalue weighted by Gasteiger charge is 2.31. The summed E-state index contributed by atoms with van der Waals surface area (Å²) in [4.78, 5) is 17.4. The number of rotatable bonds is 2. The number of nitrogens with zero attached hydrogens (tertiary/aromatic N) is 2. The third-order valence-corrected chi connectivity index (χ3v) is 3.59. The molecule has 1 unspecified atom stereocenters. The molecule has 1 atom stereocenters. The quantitative estimate of drug-likeness (QED) is 0.651. The third-order valence-electron chi connectivity index (χ3n) is 2.56. The van der Waals surface area contributed by atoms with Crippen LogP contribution in [-0.2, 0) is 4.79 Å². The van der Waals surface area contributed by atoms with Gasteiger partial charge in [-0.3, -0.25) is 4.79 Å². The number of halogens is 2. The van der Waals surface area contributed by atoms with E-state index >= 15 is 0 Å². The Morgan fingerprint density at radius 3 is 3.06 bits per heavy atom. The fourth-order valence-corrected chi connectivity index (χ4v) is 2.49. The second kappa shape index (κ2) is 4.85. The van der Waals surface area contributed by atoms with Crippen LogP contribution in [0.15, 0.2) is 12.3 Å². The van der Waals surface area contributed by atoms with Gasteiger partial charge in [0.2, 0.25) is 5.91 Å². The summed E-state index contributed by atoms with van der Waals surface area (Å²) in [5, 5.41) is 9.42. The molecule has 1 aromatic heterocycles. The second-order valence-corrected chi connectivity index (χ2v) is 5.26. The lowest BCUT2D eigenvalue weighted by Crippen LogP contribution is -2.25. The van der Waals surface area contributed by atoms with Gasteiger partial charge in [-0.25, -0.2) is 4.98 Å². The van der Waals surface area contributed by atoms with E-state index in [-0.39, 0.29) is 18.4 Å². The van der Waals surface area contributed by atoms with Crippen LogP contribution in [0.4, 0.5) is 5.69 Å². The molecule has 1 saturated heterocycles. The van der Waals surface area contributed by atoms with Crippen molar-refractivity contribution in [2.24, 2.45) is 5.92 Å². The molecule has 0 aromatic carbocycles. The number of hydrogen-bond acceptors (Lipinski definition) is 3. The second-order valence-electron chi connectivity index (χ2n) is 3.72. The van der Waals surface area contributed by atoms with Crippen molar-refractivity contribution < 1.29 is 9.90 Å². The number of anilines is 1. The van der Waals surface area contributed by atoms with Gasteiger partial charge in [-0.2, -0.15) is 0 Å². The molecule has 0 aliphatic carbocycles. The summed E-state index contributed by atoms with van der Waals surface area (Å²) in [6.07, 6.45) is 2.03. The predicted octanol–water partition coefficient (Wildman–Crippen LogP) is 1.68. The fraction of sp³-hybridized carbons (Fsp3) is 0.400. The molecular formula is C10H10ClIN2O2. The summed E-state index contributed by atoms with van der Waals surface area (Å²) < 4.78 is 0.883. The van der Waals surface area contributed by atoms with Gasteiger partial charge in [0, 0.05) is 37.8 Å². The molecule has 6 heteroatoms. The van der Waals surface area contributed by atoms with Crippen molar-refractivity contribution in [1.29, 1.82) is 0 Å². The predicted molar refractivity (Wildman–Crippen MR) is 69.5 cm³/mol. The van der Waals surface area contributed by atoms with Gasteiger partial charge in [0.25, 0.3) is 0 Å². The summed E-state index contributed by atoms with van der Waals surface area (Å²) in [5.41, 5.74) is 0.779. The van der Waals surface area contributed by atoms with Gasteiger partial charge in [-0.05, 0) is 22.6 Å². The molecule has 86 valence electrons. The molecule has 0 spiro atoms. The SMILES string of the molecule is O=C1CC(CO)CN1c1cc(Cl)ncc1I. The van der Waals surface area contributed by atoms with Crippen molar-refractivity contribution in [1.82, 2.24) is 4.98 Å². The lowest BCUT2D eigenvalue weighted by molar-refractivity contribution is -0.117. The molecule has 1 N–H and O–H groups in total. The first kappa shape index (κ1) is 12.1. The average Bonchev–Trinajstić information content (AvgIpc) is 2.63. The Hall–Kier alpha value is -0.400. The Balaban J connectivity index is 2.30. The smallest absolute Gasteiger partial charge is 0.227 e. The summed E-state index contributed by atoms with van der Waals surface area (Å²) in [7, 11) is 0. The minimum atomic E-state index is 0.0234. The maximum Gasteiger partial charge on any atom is 0.227 e. The average molecular weight is 353 g/mol. The van der Waals surface area contributed by atoms with Crippen LogP contribution in [0.1, 0.15) is 6.42 Å². The molecule has 2 rings (SSSR count). The fourth-order valence-electron chi connectivity index (χ4n) is 1.75. The summed E-state index contributed by atoms with van der Waals surface area (Å²) in [6, 6.07) is 1.68. The van der Waals surface area contributed by atoms with Crippen LogP contribution in [0.25, 0.3) is 0 Å². The lowest BCUT2D eigenvalue weighted by atomic mass is 10.1. The van der Waals surface area contributed by atoms with E-state index in [9.17, 15) is 4.79 Å². The molecule has 0 saturated carbocycles. The van der Waals surface area contributed by atoms with Gasteiger partial charge in [0.1, 0.15) is 5.15 Å². The maximum absolute atomic E-state index is 11.8. The molecule has 1 aliphatic rings. The zero-order valence-corrected chi connectivity index (χ0v) is 11.3. The molecule has 1 amide bonds. The minimum Gasteiger partial charge on any atom is -0.396 e. The van der Waals surface area contributed by atoms with Gasteiger partial charge >= 0.3 is 0 Å². The van der Waals surface area contributed by atoms with E-state index in [1.165, 1.54) is 0 Å². The molecule has 16 heavy (non-hydrogen) atoms. The summed E-state index contributed by atoms with van der Waals surface area (Å²) >= 11 is 7.93. The molecule has 1 aromatic rings. The Morgan fingerprint density at radius 2 is 2.44 bits per heavy atom. The number of carbonyl (C=O) groups is 1. The van der Waals surface area contributed by atoms with E-state index in [0.29, 0.717) is 18.1 Å². The van der Waals surface area contributed by atoms with Crippen LogP contribution in [0.3, 0.4) is 0 Å². The molecular weight excluding hydrogens is 342 g/mol. The summed E-state index contributed by atoms with van der Waals surface area (Å²) in [6.45, 7) is 0.587. The van der Waals surface area contributed by atoms with Gasteiger partial charge in [-0.1, -0.05) is 11.6 Å². The summed E-state index contributed by atoms with van der Waals surface area (Å²) in [5.74, 6) is 0.0504. The number of amides is 1. The van der Waals surface area contributed by atoms with Gasteiger partial charge in [0.05, 0.1) is 9.26 Å². The lowest BCUT2D eigenvalue weighted by Gasteiger charge is -2.18. The number of aromatic nitrogens is 1. The van der Waals surface area contributed by atoms with E-state index in [2.05, 4.69) is 27.6 Å². The van der Waals surface area contributed by atoms with E-state index < -0.39 is 0 Å².